The number of benzene rings is 2. The first-order valence-electron chi connectivity index (χ1n) is 10.3. The Balaban J connectivity index is 1.58. The highest BCUT2D eigenvalue weighted by Gasteiger charge is 2.45. The highest BCUT2D eigenvalue weighted by molar-refractivity contribution is 6.30. The minimum absolute atomic E-state index is 0.313. The molecule has 0 saturated carbocycles. The predicted molar refractivity (Wildman–Crippen MR) is 121 cm³/mol. The van der Waals surface area contributed by atoms with Gasteiger partial charge in [0.25, 0.3) is 11.8 Å². The molecule has 0 spiro atoms. The summed E-state index contributed by atoms with van der Waals surface area (Å²) in [6.07, 6.45) is -0.753. The smallest absolute Gasteiger partial charge is 0.266 e. The van der Waals surface area contributed by atoms with Crippen LogP contribution in [0.3, 0.4) is 0 Å². The number of hydrogen-bond donors (Lipinski definition) is 2. The summed E-state index contributed by atoms with van der Waals surface area (Å²) in [4.78, 5) is 40.7. The number of piperidine rings is 1. The van der Waals surface area contributed by atoms with Crippen LogP contribution in [0.15, 0.2) is 65.5 Å². The number of hydrogen-bond acceptors (Lipinski definition) is 3. The molecule has 2 N–H and O–H groups in total. The van der Waals surface area contributed by atoms with E-state index in [0.717, 1.165) is 11.0 Å². The van der Waals surface area contributed by atoms with E-state index in [1.54, 1.807) is 24.3 Å². The summed E-state index contributed by atoms with van der Waals surface area (Å²) < 4.78 is 43.6. The fourth-order valence-corrected chi connectivity index (χ4v) is 4.07. The molecule has 1 aromatic heterocycles. The van der Waals surface area contributed by atoms with E-state index in [-0.39, 0.29) is 12.1 Å². The van der Waals surface area contributed by atoms with E-state index in [4.69, 9.17) is 11.6 Å². The number of amides is 2. The lowest BCUT2D eigenvalue weighted by atomic mass is 9.93. The molecule has 2 amide bonds. The van der Waals surface area contributed by atoms with Crippen molar-refractivity contribution in [1.29, 1.82) is 0 Å². The molecule has 4 rings (SSSR count). The molecule has 34 heavy (non-hydrogen) atoms. The molecule has 6 nitrogen and oxygen atoms in total. The standard InChI is InChI=1S/C24H19ClF3N3O3/c25-16-3-1-4-17(10-16)29-22(33)15-11-24(27,28)13-31(12-15)23(34)18-9-14(7-8-19(18)26)20-5-2-6-21(32)30-20/h1-10,15H,11-13H2,(H,29,33)(H,30,32). The third-order valence-electron chi connectivity index (χ3n) is 5.43. The maximum Gasteiger partial charge on any atom is 0.266 e. The Hall–Kier alpha value is -3.59. The van der Waals surface area contributed by atoms with Crippen LogP contribution in [0.5, 0.6) is 0 Å². The number of halogens is 4. The quantitative estimate of drug-likeness (QED) is 0.563. The van der Waals surface area contributed by atoms with Gasteiger partial charge in [0.1, 0.15) is 5.82 Å². The van der Waals surface area contributed by atoms with Crippen molar-refractivity contribution in [3.8, 4) is 11.3 Å². The first-order valence-corrected chi connectivity index (χ1v) is 10.7. The van der Waals surface area contributed by atoms with Crippen molar-refractivity contribution >= 4 is 29.1 Å². The van der Waals surface area contributed by atoms with Gasteiger partial charge in [0, 0.05) is 35.4 Å². The van der Waals surface area contributed by atoms with Crippen molar-refractivity contribution in [3.05, 3.63) is 87.4 Å². The Morgan fingerprint density at radius 2 is 1.85 bits per heavy atom. The van der Waals surface area contributed by atoms with E-state index in [1.165, 1.54) is 30.3 Å². The Bertz CT molecular complexity index is 1310. The molecule has 1 unspecified atom stereocenters. The summed E-state index contributed by atoms with van der Waals surface area (Å²) >= 11 is 5.89. The first-order chi connectivity index (χ1) is 16.1. The topological polar surface area (TPSA) is 82.3 Å². The van der Waals surface area contributed by atoms with Gasteiger partial charge >= 0.3 is 0 Å². The number of rotatable bonds is 4. The van der Waals surface area contributed by atoms with Crippen LogP contribution in [-0.2, 0) is 4.79 Å². The van der Waals surface area contributed by atoms with Crippen molar-refractivity contribution in [2.75, 3.05) is 18.4 Å². The zero-order valence-electron chi connectivity index (χ0n) is 17.7. The largest absolute Gasteiger partial charge is 0.332 e. The van der Waals surface area contributed by atoms with Gasteiger partial charge in [-0.2, -0.15) is 0 Å². The van der Waals surface area contributed by atoms with Crippen LogP contribution in [0.25, 0.3) is 11.3 Å². The molecule has 176 valence electrons. The number of pyridine rings is 1. The number of alkyl halides is 2. The summed E-state index contributed by atoms with van der Waals surface area (Å²) in [5.41, 5.74) is 0.179. The van der Waals surface area contributed by atoms with Crippen molar-refractivity contribution < 1.29 is 22.8 Å². The maximum absolute atomic E-state index is 14.5. The predicted octanol–water partition coefficient (Wildman–Crippen LogP) is 4.57. The molecule has 1 fully saturated rings. The Kier molecular flexibility index (Phi) is 6.47. The van der Waals surface area contributed by atoms with Gasteiger partial charge < -0.3 is 15.2 Å². The SMILES string of the molecule is O=C(Nc1cccc(Cl)c1)C1CN(C(=O)c2cc(-c3cccc(=O)[nH]3)ccc2F)CC(F)(F)C1. The molecule has 0 radical (unpaired) electrons. The Morgan fingerprint density at radius 3 is 2.59 bits per heavy atom. The van der Waals surface area contributed by atoms with Gasteiger partial charge in [0.05, 0.1) is 18.0 Å². The molecule has 0 aliphatic carbocycles. The lowest BCUT2D eigenvalue weighted by Gasteiger charge is -2.37. The number of aromatic nitrogens is 1. The van der Waals surface area contributed by atoms with Crippen LogP contribution in [0.2, 0.25) is 5.02 Å². The molecule has 1 saturated heterocycles. The second kappa shape index (κ2) is 9.34. The zero-order chi connectivity index (χ0) is 24.5. The second-order valence-electron chi connectivity index (χ2n) is 8.07. The van der Waals surface area contributed by atoms with Crippen LogP contribution in [0.4, 0.5) is 18.9 Å². The molecule has 10 heteroatoms. The number of H-pyrrole nitrogens is 1. The highest BCUT2D eigenvalue weighted by atomic mass is 35.5. The maximum atomic E-state index is 14.5. The average Bonchev–Trinajstić information content (AvgIpc) is 2.78. The monoisotopic (exact) mass is 489 g/mol. The Labute approximate surface area is 197 Å². The second-order valence-corrected chi connectivity index (χ2v) is 8.50. The number of nitrogens with one attached hydrogen (secondary N) is 2. The summed E-state index contributed by atoms with van der Waals surface area (Å²) in [5, 5.41) is 2.89. The highest BCUT2D eigenvalue weighted by Crippen LogP contribution is 2.33. The summed E-state index contributed by atoms with van der Waals surface area (Å²) in [5.74, 6) is -7.14. The van der Waals surface area contributed by atoms with Gasteiger partial charge in [-0.05, 0) is 48.0 Å². The normalized spacial score (nSPS) is 17.3. The molecule has 2 heterocycles. The van der Waals surface area contributed by atoms with Gasteiger partial charge in [-0.3, -0.25) is 14.4 Å². The molecule has 1 aliphatic heterocycles. The zero-order valence-corrected chi connectivity index (χ0v) is 18.4. The fraction of sp³-hybridized carbons (Fsp3) is 0.208. The number of carbonyl (C=O) groups excluding carboxylic acids is 2. The number of likely N-dealkylation sites (tertiary alicyclic amines) is 1. The summed E-state index contributed by atoms with van der Waals surface area (Å²) in [7, 11) is 0. The summed E-state index contributed by atoms with van der Waals surface area (Å²) in [6.45, 7) is -1.26. The van der Waals surface area contributed by atoms with Crippen LogP contribution < -0.4 is 10.9 Å². The van der Waals surface area contributed by atoms with E-state index in [0.29, 0.717) is 22.0 Å². The van der Waals surface area contributed by atoms with E-state index < -0.39 is 48.0 Å². The van der Waals surface area contributed by atoms with E-state index in [2.05, 4.69) is 10.3 Å². The molecular weight excluding hydrogens is 471 g/mol. The van der Waals surface area contributed by atoms with E-state index in [9.17, 15) is 27.6 Å². The first kappa shape index (κ1) is 23.6. The van der Waals surface area contributed by atoms with Crippen LogP contribution in [0.1, 0.15) is 16.8 Å². The van der Waals surface area contributed by atoms with Gasteiger partial charge in [-0.1, -0.05) is 23.7 Å². The molecule has 0 bridgehead atoms. The van der Waals surface area contributed by atoms with Crippen LogP contribution >= 0.6 is 11.6 Å². The van der Waals surface area contributed by atoms with Gasteiger partial charge in [-0.15, -0.1) is 0 Å². The van der Waals surface area contributed by atoms with Crippen molar-refractivity contribution in [2.45, 2.75) is 12.3 Å². The third kappa shape index (κ3) is 5.31. The van der Waals surface area contributed by atoms with E-state index in [1.807, 2.05) is 0 Å². The lowest BCUT2D eigenvalue weighted by molar-refractivity contribution is -0.130. The number of aromatic amines is 1. The molecule has 3 aromatic rings. The van der Waals surface area contributed by atoms with Crippen molar-refractivity contribution in [3.63, 3.8) is 0 Å². The number of anilines is 1. The van der Waals surface area contributed by atoms with Crippen molar-refractivity contribution in [1.82, 2.24) is 9.88 Å². The number of carbonyl (C=O) groups is 2. The van der Waals surface area contributed by atoms with Crippen molar-refractivity contribution in [2.24, 2.45) is 5.92 Å². The third-order valence-corrected chi connectivity index (χ3v) is 5.67. The van der Waals surface area contributed by atoms with Crippen LogP contribution in [-0.4, -0.2) is 40.7 Å². The van der Waals surface area contributed by atoms with Gasteiger partial charge in [0.2, 0.25) is 11.5 Å². The minimum atomic E-state index is -3.34. The summed E-state index contributed by atoms with van der Waals surface area (Å²) in [6, 6.07) is 14.2. The molecule has 1 atom stereocenters. The molecular formula is C24H19ClF3N3O3. The van der Waals surface area contributed by atoms with Crippen LogP contribution in [0, 0.1) is 11.7 Å². The average molecular weight is 490 g/mol. The number of nitrogens with zero attached hydrogens (tertiary/aromatic N) is 1. The van der Waals surface area contributed by atoms with Gasteiger partial charge in [-0.25, -0.2) is 13.2 Å². The molecule has 2 aromatic carbocycles. The fourth-order valence-electron chi connectivity index (χ4n) is 3.88. The van der Waals surface area contributed by atoms with Gasteiger partial charge in [0.15, 0.2) is 0 Å². The molecule has 1 aliphatic rings. The Morgan fingerprint density at radius 1 is 1.09 bits per heavy atom. The van der Waals surface area contributed by atoms with E-state index >= 15 is 0 Å². The lowest BCUT2D eigenvalue weighted by Crippen LogP contribution is -2.52. The minimum Gasteiger partial charge on any atom is -0.332 e.